The number of piperidine rings is 2. The van der Waals surface area contributed by atoms with Gasteiger partial charge in [0.25, 0.3) is 5.91 Å². The van der Waals surface area contributed by atoms with Crippen LogP contribution in [0.4, 0.5) is 11.6 Å². The number of aromatic nitrogens is 5. The zero-order chi connectivity index (χ0) is 27.8. The summed E-state index contributed by atoms with van der Waals surface area (Å²) < 4.78 is 1.96. The van der Waals surface area contributed by atoms with Crippen molar-refractivity contribution in [2.45, 2.75) is 38.6 Å². The number of pyridine rings is 3. The van der Waals surface area contributed by atoms with E-state index in [1.165, 1.54) is 37.8 Å². The van der Waals surface area contributed by atoms with E-state index in [4.69, 9.17) is 4.98 Å². The molecular weight excluding hydrogens is 514 g/mol. The van der Waals surface area contributed by atoms with Gasteiger partial charge in [0.05, 0.1) is 17.6 Å². The Balaban J connectivity index is 1.07. The minimum atomic E-state index is -0.192. The van der Waals surface area contributed by atoms with E-state index in [0.29, 0.717) is 16.8 Å². The van der Waals surface area contributed by atoms with Crippen molar-refractivity contribution in [3.05, 3.63) is 60.3 Å². The Morgan fingerprint density at radius 3 is 2.61 bits per heavy atom. The summed E-state index contributed by atoms with van der Waals surface area (Å²) in [6, 6.07) is 7.62. The highest BCUT2D eigenvalue weighted by Crippen LogP contribution is 2.40. The average Bonchev–Trinajstić information content (AvgIpc) is 3.36. The second-order valence-electron chi connectivity index (χ2n) is 11.9. The van der Waals surface area contributed by atoms with Gasteiger partial charge in [0.15, 0.2) is 0 Å². The third kappa shape index (κ3) is 5.29. The topological polar surface area (TPSA) is 104 Å². The van der Waals surface area contributed by atoms with E-state index >= 15 is 0 Å². The van der Waals surface area contributed by atoms with Crippen molar-refractivity contribution in [3.63, 3.8) is 0 Å². The lowest BCUT2D eigenvalue weighted by Crippen LogP contribution is -2.60. The maximum atomic E-state index is 13.2. The quantitative estimate of drug-likeness (QED) is 0.373. The van der Waals surface area contributed by atoms with Crippen LogP contribution in [0.2, 0.25) is 0 Å². The lowest BCUT2D eigenvalue weighted by atomic mass is 9.72. The Bertz CT molecular complexity index is 1560. The summed E-state index contributed by atoms with van der Waals surface area (Å²) in [5, 5.41) is 12.9. The van der Waals surface area contributed by atoms with E-state index in [1.54, 1.807) is 18.5 Å². The molecule has 1 amide bonds. The van der Waals surface area contributed by atoms with Gasteiger partial charge in [0.2, 0.25) is 0 Å². The van der Waals surface area contributed by atoms with Gasteiger partial charge in [-0.05, 0) is 81.5 Å². The van der Waals surface area contributed by atoms with E-state index in [2.05, 4.69) is 41.6 Å². The number of aryl methyl sites for hydroxylation is 1. The van der Waals surface area contributed by atoms with Gasteiger partial charge in [0.1, 0.15) is 11.6 Å². The molecule has 0 aromatic carbocycles. The van der Waals surface area contributed by atoms with E-state index in [0.717, 1.165) is 73.7 Å². The number of anilines is 2. The standard InChI is InChI=1S/C31H37N9O/c1-38-27(19-39-11-3-2-4-12-39)25(18-36-38)26-13-23-14-28(35-17-24(23)16-34-26)37-30(41)22-5-8-33-29(15-22)40-20-31(21-40)6-9-32-10-7-31/h5,8,13-18,32H,2-4,6-7,9-12,19-21H2,1H3,(H,35,37,41). The molecule has 4 aromatic rings. The number of carbonyl (C=O) groups is 1. The Hall–Kier alpha value is -3.89. The molecule has 0 unspecified atom stereocenters. The van der Waals surface area contributed by atoms with Gasteiger partial charge in [-0.3, -0.25) is 19.4 Å². The third-order valence-corrected chi connectivity index (χ3v) is 9.05. The van der Waals surface area contributed by atoms with Crippen LogP contribution in [0.3, 0.4) is 0 Å². The van der Waals surface area contributed by atoms with Crippen molar-refractivity contribution in [2.75, 3.05) is 49.5 Å². The number of rotatable bonds is 6. The van der Waals surface area contributed by atoms with Gasteiger partial charge in [-0.15, -0.1) is 0 Å². The number of hydrogen-bond acceptors (Lipinski definition) is 8. The Morgan fingerprint density at radius 2 is 1.78 bits per heavy atom. The minimum Gasteiger partial charge on any atom is -0.355 e. The smallest absolute Gasteiger partial charge is 0.257 e. The molecule has 0 atom stereocenters. The first-order valence-electron chi connectivity index (χ1n) is 14.8. The fourth-order valence-corrected chi connectivity index (χ4v) is 6.57. The molecule has 3 aliphatic rings. The van der Waals surface area contributed by atoms with E-state index in [9.17, 15) is 4.79 Å². The van der Waals surface area contributed by atoms with E-state index < -0.39 is 0 Å². The van der Waals surface area contributed by atoms with Crippen LogP contribution in [-0.2, 0) is 13.6 Å². The number of hydrogen-bond donors (Lipinski definition) is 2. The van der Waals surface area contributed by atoms with Crippen molar-refractivity contribution in [1.29, 1.82) is 0 Å². The molecule has 1 spiro atoms. The Labute approximate surface area is 240 Å². The zero-order valence-corrected chi connectivity index (χ0v) is 23.6. The molecule has 7 rings (SSSR count). The largest absolute Gasteiger partial charge is 0.355 e. The molecular formula is C31H37N9O. The van der Waals surface area contributed by atoms with Crippen LogP contribution in [0.5, 0.6) is 0 Å². The highest BCUT2D eigenvalue weighted by molar-refractivity contribution is 6.05. The molecule has 3 fully saturated rings. The summed E-state index contributed by atoms with van der Waals surface area (Å²) in [7, 11) is 2.00. The van der Waals surface area contributed by atoms with Gasteiger partial charge in [-0.1, -0.05) is 6.42 Å². The monoisotopic (exact) mass is 551 g/mol. The number of nitrogens with one attached hydrogen (secondary N) is 2. The summed E-state index contributed by atoms with van der Waals surface area (Å²) in [5.41, 5.74) is 4.07. The molecule has 3 aliphatic heterocycles. The van der Waals surface area contributed by atoms with Crippen LogP contribution in [0.15, 0.2) is 49.1 Å². The number of carbonyl (C=O) groups excluding carboxylic acids is 1. The Kier molecular flexibility index (Phi) is 6.88. The first kappa shape index (κ1) is 26.0. The third-order valence-electron chi connectivity index (χ3n) is 9.05. The van der Waals surface area contributed by atoms with Gasteiger partial charge in [-0.25, -0.2) is 9.97 Å². The predicted octanol–water partition coefficient (Wildman–Crippen LogP) is 3.85. The fraction of sp³-hybridized carbons (Fsp3) is 0.452. The summed E-state index contributed by atoms with van der Waals surface area (Å²) in [6.07, 6.45) is 13.5. The molecule has 41 heavy (non-hydrogen) atoms. The van der Waals surface area contributed by atoms with Crippen molar-refractivity contribution < 1.29 is 4.79 Å². The second kappa shape index (κ2) is 10.8. The van der Waals surface area contributed by atoms with Crippen LogP contribution >= 0.6 is 0 Å². The van der Waals surface area contributed by atoms with Crippen LogP contribution in [0, 0.1) is 5.41 Å². The van der Waals surface area contributed by atoms with Crippen LogP contribution in [0.1, 0.15) is 48.2 Å². The zero-order valence-electron chi connectivity index (χ0n) is 23.6. The summed E-state index contributed by atoms with van der Waals surface area (Å²) in [4.78, 5) is 31.8. The number of amides is 1. The molecule has 212 valence electrons. The van der Waals surface area contributed by atoms with Crippen molar-refractivity contribution >= 4 is 28.3 Å². The normalized spacial score (nSPS) is 18.9. The Morgan fingerprint density at radius 1 is 0.976 bits per heavy atom. The highest BCUT2D eigenvalue weighted by atomic mass is 16.1. The predicted molar refractivity (Wildman–Crippen MR) is 160 cm³/mol. The molecule has 4 aromatic heterocycles. The molecule has 10 heteroatoms. The van der Waals surface area contributed by atoms with Crippen molar-refractivity contribution in [3.8, 4) is 11.3 Å². The molecule has 10 nitrogen and oxygen atoms in total. The highest BCUT2D eigenvalue weighted by Gasteiger charge is 2.43. The molecule has 0 bridgehead atoms. The number of nitrogens with zero attached hydrogens (tertiary/aromatic N) is 7. The fourth-order valence-electron chi connectivity index (χ4n) is 6.57. The van der Waals surface area contributed by atoms with E-state index in [1.807, 2.05) is 36.3 Å². The summed E-state index contributed by atoms with van der Waals surface area (Å²) in [5.74, 6) is 1.18. The second-order valence-corrected chi connectivity index (χ2v) is 11.9. The summed E-state index contributed by atoms with van der Waals surface area (Å²) in [6.45, 7) is 7.30. The SMILES string of the molecule is Cn1ncc(-c2cc3cc(NC(=O)c4ccnc(N5CC6(CCNCC6)C5)c4)ncc3cn2)c1CN1CCCCC1. The van der Waals surface area contributed by atoms with Gasteiger partial charge in [0, 0.05) is 67.2 Å². The average molecular weight is 552 g/mol. The lowest BCUT2D eigenvalue weighted by molar-refractivity contribution is 0.102. The van der Waals surface area contributed by atoms with Gasteiger partial charge in [-0.2, -0.15) is 5.10 Å². The molecule has 2 N–H and O–H groups in total. The first-order valence-corrected chi connectivity index (χ1v) is 14.8. The minimum absolute atomic E-state index is 0.192. The molecule has 0 saturated carbocycles. The van der Waals surface area contributed by atoms with Crippen molar-refractivity contribution in [1.82, 2.24) is 34.9 Å². The number of likely N-dealkylation sites (tertiary alicyclic amines) is 1. The maximum absolute atomic E-state index is 13.2. The molecule has 0 aliphatic carbocycles. The van der Waals surface area contributed by atoms with Crippen LogP contribution in [-0.4, -0.2) is 74.8 Å². The summed E-state index contributed by atoms with van der Waals surface area (Å²) >= 11 is 0. The van der Waals surface area contributed by atoms with Crippen LogP contribution < -0.4 is 15.5 Å². The number of fused-ring (bicyclic) bond motifs is 1. The van der Waals surface area contributed by atoms with E-state index in [-0.39, 0.29) is 5.91 Å². The molecule has 7 heterocycles. The maximum Gasteiger partial charge on any atom is 0.257 e. The van der Waals surface area contributed by atoms with Crippen LogP contribution in [0.25, 0.3) is 22.0 Å². The van der Waals surface area contributed by atoms with Gasteiger partial charge < -0.3 is 15.5 Å². The van der Waals surface area contributed by atoms with Gasteiger partial charge >= 0.3 is 0 Å². The molecule has 3 saturated heterocycles. The first-order chi connectivity index (χ1) is 20.1. The lowest BCUT2D eigenvalue weighted by Gasteiger charge is -2.53. The molecule has 0 radical (unpaired) electrons. The van der Waals surface area contributed by atoms with Crippen molar-refractivity contribution in [2.24, 2.45) is 12.5 Å².